The van der Waals surface area contributed by atoms with E-state index in [0.717, 1.165) is 25.2 Å². The molecule has 0 aromatic heterocycles. The third-order valence-corrected chi connectivity index (χ3v) is 4.86. The molecule has 0 aliphatic carbocycles. The minimum absolute atomic E-state index is 0.117. The molecular weight excluding hydrogens is 387 g/mol. The average Bonchev–Trinajstić information content (AvgIpc) is 2.68. The number of ether oxygens (including phenoxy) is 2. The van der Waals surface area contributed by atoms with Crippen molar-refractivity contribution in [3.63, 3.8) is 0 Å². The number of carbonyl (C=O) groups is 1. The topological polar surface area (TPSA) is 50.8 Å². The first-order valence-corrected chi connectivity index (χ1v) is 9.59. The van der Waals surface area contributed by atoms with Crippen LogP contribution in [0.3, 0.4) is 0 Å². The number of benzene rings is 2. The zero-order valence-electron chi connectivity index (χ0n) is 14.9. The van der Waals surface area contributed by atoms with E-state index in [9.17, 15) is 4.79 Å². The normalized spacial score (nSPS) is 15.9. The Morgan fingerprint density at radius 2 is 1.89 bits per heavy atom. The molecule has 144 valence electrons. The van der Waals surface area contributed by atoms with Crippen molar-refractivity contribution >= 4 is 29.1 Å². The quantitative estimate of drug-likeness (QED) is 0.760. The minimum Gasteiger partial charge on any atom is -0.482 e. The molecule has 2 aromatic carbocycles. The van der Waals surface area contributed by atoms with Gasteiger partial charge in [-0.2, -0.15) is 0 Å². The summed E-state index contributed by atoms with van der Waals surface area (Å²) in [6, 6.07) is 14.7. The number of amides is 1. The van der Waals surface area contributed by atoms with Gasteiger partial charge in [0.1, 0.15) is 5.75 Å². The van der Waals surface area contributed by atoms with Gasteiger partial charge in [-0.25, -0.2) is 0 Å². The summed E-state index contributed by atoms with van der Waals surface area (Å²) in [6.07, 6.45) is 0. The Bertz CT molecular complexity index is 752. The Labute approximate surface area is 169 Å². The van der Waals surface area contributed by atoms with E-state index in [1.165, 1.54) is 0 Å². The molecule has 1 saturated heterocycles. The summed E-state index contributed by atoms with van der Waals surface area (Å²) < 4.78 is 10.9. The van der Waals surface area contributed by atoms with Crippen molar-refractivity contribution in [1.82, 2.24) is 10.2 Å². The van der Waals surface area contributed by atoms with Gasteiger partial charge in [-0.15, -0.1) is 0 Å². The van der Waals surface area contributed by atoms with E-state index in [1.54, 1.807) is 18.2 Å². The summed E-state index contributed by atoms with van der Waals surface area (Å²) >= 11 is 12.0. The van der Waals surface area contributed by atoms with Crippen LogP contribution >= 0.6 is 23.2 Å². The van der Waals surface area contributed by atoms with Crippen molar-refractivity contribution in [1.29, 1.82) is 0 Å². The summed E-state index contributed by atoms with van der Waals surface area (Å²) in [5.41, 5.74) is 1.06. The fourth-order valence-electron chi connectivity index (χ4n) is 2.93. The second-order valence-corrected chi connectivity index (χ2v) is 7.15. The molecule has 1 amide bonds. The average molecular weight is 409 g/mol. The lowest BCUT2D eigenvalue weighted by Crippen LogP contribution is -2.44. The van der Waals surface area contributed by atoms with Crippen LogP contribution in [0.15, 0.2) is 48.5 Å². The van der Waals surface area contributed by atoms with Crippen LogP contribution in [0, 0.1) is 0 Å². The van der Waals surface area contributed by atoms with Gasteiger partial charge in [0.25, 0.3) is 5.91 Å². The number of hydrogen-bond donors (Lipinski definition) is 1. The summed E-state index contributed by atoms with van der Waals surface area (Å²) in [7, 11) is 0. The molecule has 1 atom stereocenters. The van der Waals surface area contributed by atoms with Gasteiger partial charge in [-0.05, 0) is 23.8 Å². The van der Waals surface area contributed by atoms with Crippen LogP contribution in [0.4, 0.5) is 0 Å². The first-order valence-electron chi connectivity index (χ1n) is 8.84. The maximum absolute atomic E-state index is 12.5. The molecule has 1 aliphatic heterocycles. The zero-order chi connectivity index (χ0) is 19.1. The second kappa shape index (κ2) is 9.95. The SMILES string of the molecule is O=C(COc1ccc(Cl)cc1Cl)N[C@@H](CN1CCOCC1)c1ccccc1. The smallest absolute Gasteiger partial charge is 0.258 e. The maximum Gasteiger partial charge on any atom is 0.258 e. The first-order chi connectivity index (χ1) is 13.1. The Balaban J connectivity index is 1.61. The second-order valence-electron chi connectivity index (χ2n) is 6.31. The molecule has 0 spiro atoms. The molecule has 27 heavy (non-hydrogen) atoms. The van der Waals surface area contributed by atoms with Crippen LogP contribution in [0.1, 0.15) is 11.6 Å². The van der Waals surface area contributed by atoms with Crippen molar-refractivity contribution in [3.05, 3.63) is 64.1 Å². The predicted molar refractivity (Wildman–Crippen MR) is 107 cm³/mol. The fourth-order valence-corrected chi connectivity index (χ4v) is 3.40. The van der Waals surface area contributed by atoms with Gasteiger partial charge in [-0.1, -0.05) is 53.5 Å². The maximum atomic E-state index is 12.5. The van der Waals surface area contributed by atoms with Gasteiger partial charge in [0, 0.05) is 24.7 Å². The van der Waals surface area contributed by atoms with Gasteiger partial charge < -0.3 is 14.8 Å². The van der Waals surface area contributed by atoms with Crippen LogP contribution in [-0.2, 0) is 9.53 Å². The van der Waals surface area contributed by atoms with Gasteiger partial charge >= 0.3 is 0 Å². The van der Waals surface area contributed by atoms with Crippen LogP contribution < -0.4 is 10.1 Å². The molecule has 1 heterocycles. The highest BCUT2D eigenvalue weighted by Gasteiger charge is 2.20. The summed E-state index contributed by atoms with van der Waals surface area (Å²) in [4.78, 5) is 14.8. The van der Waals surface area contributed by atoms with Crippen LogP contribution in [0.5, 0.6) is 5.75 Å². The number of morpholine rings is 1. The Hall–Kier alpha value is -1.79. The highest BCUT2D eigenvalue weighted by Crippen LogP contribution is 2.27. The van der Waals surface area contributed by atoms with E-state index in [2.05, 4.69) is 10.2 Å². The fraction of sp³-hybridized carbons (Fsp3) is 0.350. The third kappa shape index (κ3) is 6.11. The van der Waals surface area contributed by atoms with Crippen molar-refractivity contribution < 1.29 is 14.3 Å². The summed E-state index contributed by atoms with van der Waals surface area (Å²) in [5, 5.41) is 3.96. The highest BCUT2D eigenvalue weighted by molar-refractivity contribution is 6.35. The van der Waals surface area contributed by atoms with Crippen molar-refractivity contribution in [2.24, 2.45) is 0 Å². The Morgan fingerprint density at radius 1 is 1.15 bits per heavy atom. The molecule has 1 aliphatic rings. The Kier molecular flexibility index (Phi) is 7.35. The molecule has 0 saturated carbocycles. The van der Waals surface area contributed by atoms with E-state index in [0.29, 0.717) is 29.0 Å². The Morgan fingerprint density at radius 3 is 2.59 bits per heavy atom. The van der Waals surface area contributed by atoms with Gasteiger partial charge in [-0.3, -0.25) is 9.69 Å². The third-order valence-electron chi connectivity index (χ3n) is 4.33. The number of halogens is 2. The predicted octanol–water partition coefficient (Wildman–Crippen LogP) is 3.56. The summed E-state index contributed by atoms with van der Waals surface area (Å²) in [6.45, 7) is 3.75. The number of nitrogens with one attached hydrogen (secondary N) is 1. The van der Waals surface area contributed by atoms with Crippen molar-refractivity contribution in [2.45, 2.75) is 6.04 Å². The number of carbonyl (C=O) groups excluding carboxylic acids is 1. The number of rotatable bonds is 7. The lowest BCUT2D eigenvalue weighted by molar-refractivity contribution is -0.124. The van der Waals surface area contributed by atoms with E-state index in [4.69, 9.17) is 32.7 Å². The van der Waals surface area contributed by atoms with E-state index in [1.807, 2.05) is 30.3 Å². The molecule has 7 heteroatoms. The number of hydrogen-bond acceptors (Lipinski definition) is 4. The van der Waals surface area contributed by atoms with E-state index < -0.39 is 0 Å². The molecule has 2 aromatic rings. The van der Waals surface area contributed by atoms with E-state index in [-0.39, 0.29) is 18.6 Å². The van der Waals surface area contributed by atoms with Crippen LogP contribution in [0.25, 0.3) is 0 Å². The van der Waals surface area contributed by atoms with Crippen molar-refractivity contribution in [3.8, 4) is 5.75 Å². The van der Waals surface area contributed by atoms with Gasteiger partial charge in [0.05, 0.1) is 24.3 Å². The molecule has 5 nitrogen and oxygen atoms in total. The molecule has 3 rings (SSSR count). The van der Waals surface area contributed by atoms with Gasteiger partial charge in [0.15, 0.2) is 6.61 Å². The number of nitrogens with zero attached hydrogens (tertiary/aromatic N) is 1. The first kappa shape index (κ1) is 20.0. The standard InChI is InChI=1S/C20H22Cl2N2O3/c21-16-6-7-19(17(22)12-16)27-14-20(25)23-18(15-4-2-1-3-5-15)13-24-8-10-26-11-9-24/h1-7,12,18H,8-11,13-14H2,(H,23,25)/t18-/m0/s1. The monoisotopic (exact) mass is 408 g/mol. The lowest BCUT2D eigenvalue weighted by Gasteiger charge is -2.31. The lowest BCUT2D eigenvalue weighted by atomic mass is 10.1. The zero-order valence-corrected chi connectivity index (χ0v) is 16.4. The molecular formula is C20H22Cl2N2O3. The van der Waals surface area contributed by atoms with E-state index >= 15 is 0 Å². The van der Waals surface area contributed by atoms with Crippen molar-refractivity contribution in [2.75, 3.05) is 39.5 Å². The molecule has 0 unspecified atom stereocenters. The minimum atomic E-state index is -0.205. The molecule has 1 N–H and O–H groups in total. The van der Waals surface area contributed by atoms with Crippen LogP contribution in [0.2, 0.25) is 10.0 Å². The van der Waals surface area contributed by atoms with Crippen LogP contribution in [-0.4, -0.2) is 50.3 Å². The largest absolute Gasteiger partial charge is 0.482 e. The van der Waals surface area contributed by atoms with Gasteiger partial charge in [0.2, 0.25) is 0 Å². The summed E-state index contributed by atoms with van der Waals surface area (Å²) in [5.74, 6) is 0.226. The molecule has 0 bridgehead atoms. The molecule has 0 radical (unpaired) electrons. The molecule has 1 fully saturated rings. The highest BCUT2D eigenvalue weighted by atomic mass is 35.5.